The first kappa shape index (κ1) is 15.5. The molecular formula is C13H17N3O5. The van der Waals surface area contributed by atoms with Gasteiger partial charge in [-0.2, -0.15) is 4.98 Å². The molecule has 0 saturated carbocycles. The van der Waals surface area contributed by atoms with E-state index in [1.807, 2.05) is 0 Å². The molecular weight excluding hydrogens is 278 g/mol. The quantitative estimate of drug-likeness (QED) is 0.463. The molecule has 8 nitrogen and oxygen atoms in total. The van der Waals surface area contributed by atoms with Crippen molar-refractivity contribution in [1.82, 2.24) is 9.55 Å². The first-order valence-corrected chi connectivity index (χ1v) is 6.32. The Morgan fingerprint density at radius 2 is 2.24 bits per heavy atom. The highest BCUT2D eigenvalue weighted by Crippen LogP contribution is 2.34. The monoisotopic (exact) mass is 295 g/mol. The molecule has 8 heteroatoms. The number of aliphatic hydroxyl groups excluding tert-OH is 3. The maximum atomic E-state index is 12.0. The van der Waals surface area contributed by atoms with Crippen LogP contribution in [0.15, 0.2) is 11.0 Å². The fraction of sp³-hybridized carbons (Fsp3) is 0.538. The normalized spacial score (nSPS) is 31.8. The van der Waals surface area contributed by atoms with Crippen LogP contribution in [0.4, 0.5) is 5.82 Å². The number of hydrogen-bond donors (Lipinski definition) is 4. The number of ether oxygens (including phenoxy) is 1. The van der Waals surface area contributed by atoms with Crippen LogP contribution in [-0.2, 0) is 10.5 Å². The van der Waals surface area contributed by atoms with E-state index < -0.39 is 36.3 Å². The molecule has 1 aromatic rings. The molecule has 4 atom stereocenters. The van der Waals surface area contributed by atoms with E-state index in [-0.39, 0.29) is 5.82 Å². The minimum Gasteiger partial charge on any atom is -0.394 e. The van der Waals surface area contributed by atoms with Crippen LogP contribution in [0, 0.1) is 11.8 Å². The van der Waals surface area contributed by atoms with Gasteiger partial charge in [0.25, 0.3) is 0 Å². The summed E-state index contributed by atoms with van der Waals surface area (Å²) < 4.78 is 6.47. The molecule has 0 aromatic carbocycles. The van der Waals surface area contributed by atoms with E-state index in [4.69, 9.17) is 15.6 Å². The van der Waals surface area contributed by atoms with Crippen molar-refractivity contribution < 1.29 is 20.1 Å². The third-order valence-corrected chi connectivity index (χ3v) is 3.52. The van der Waals surface area contributed by atoms with Gasteiger partial charge in [0.2, 0.25) is 0 Å². The lowest BCUT2D eigenvalue weighted by molar-refractivity contribution is -0.137. The zero-order chi connectivity index (χ0) is 15.8. The maximum absolute atomic E-state index is 12.0. The number of aliphatic hydroxyl groups is 3. The minimum atomic E-state index is -1.57. The van der Waals surface area contributed by atoms with Crippen LogP contribution in [0.3, 0.4) is 0 Å². The Morgan fingerprint density at radius 3 is 2.76 bits per heavy atom. The highest BCUT2D eigenvalue weighted by Gasteiger charge is 2.52. The number of nitrogens with zero attached hydrogens (tertiary/aromatic N) is 2. The third-order valence-electron chi connectivity index (χ3n) is 3.52. The summed E-state index contributed by atoms with van der Waals surface area (Å²) in [4.78, 5) is 15.7. The highest BCUT2D eigenvalue weighted by atomic mass is 16.6. The summed E-state index contributed by atoms with van der Waals surface area (Å²) in [6.45, 7) is 2.52. The largest absolute Gasteiger partial charge is 0.394 e. The molecule has 1 aromatic heterocycles. The van der Waals surface area contributed by atoms with Gasteiger partial charge in [0, 0.05) is 6.20 Å². The molecule has 5 N–H and O–H groups in total. The Labute approximate surface area is 120 Å². The van der Waals surface area contributed by atoms with Crippen molar-refractivity contribution in [3.63, 3.8) is 0 Å². The summed E-state index contributed by atoms with van der Waals surface area (Å²) in [5.74, 6) is 5.30. The van der Waals surface area contributed by atoms with Crippen LogP contribution in [-0.4, -0.2) is 49.8 Å². The minimum absolute atomic E-state index is 0.0269. The van der Waals surface area contributed by atoms with Gasteiger partial charge < -0.3 is 25.8 Å². The van der Waals surface area contributed by atoms with Crippen LogP contribution < -0.4 is 11.4 Å². The molecule has 1 aliphatic heterocycles. The molecule has 0 amide bonds. The molecule has 1 fully saturated rings. The summed E-state index contributed by atoms with van der Waals surface area (Å²) in [6.07, 6.45) is -2.43. The number of anilines is 1. The number of nitrogens with two attached hydrogens (primary N) is 1. The summed E-state index contributed by atoms with van der Waals surface area (Å²) in [7, 11) is 0. The number of rotatable bonds is 2. The van der Waals surface area contributed by atoms with Gasteiger partial charge in [-0.05, 0) is 13.8 Å². The second kappa shape index (κ2) is 5.46. The molecule has 0 unspecified atom stereocenters. The molecule has 2 rings (SSSR count). The zero-order valence-corrected chi connectivity index (χ0v) is 11.6. The van der Waals surface area contributed by atoms with Gasteiger partial charge in [0.1, 0.15) is 24.1 Å². The van der Waals surface area contributed by atoms with E-state index in [0.29, 0.717) is 5.56 Å². The maximum Gasteiger partial charge on any atom is 0.352 e. The second-order valence-corrected chi connectivity index (χ2v) is 4.90. The van der Waals surface area contributed by atoms with Gasteiger partial charge in [-0.15, -0.1) is 5.92 Å². The smallest absolute Gasteiger partial charge is 0.352 e. The first-order chi connectivity index (χ1) is 9.85. The average molecular weight is 295 g/mol. The Kier molecular flexibility index (Phi) is 4.02. The van der Waals surface area contributed by atoms with E-state index in [9.17, 15) is 15.0 Å². The van der Waals surface area contributed by atoms with Crippen molar-refractivity contribution in [1.29, 1.82) is 0 Å². The van der Waals surface area contributed by atoms with Crippen LogP contribution >= 0.6 is 0 Å². The molecule has 114 valence electrons. The highest BCUT2D eigenvalue weighted by molar-refractivity contribution is 5.48. The predicted octanol–water partition coefficient (Wildman–Crippen LogP) is -2.02. The number of nitrogen functional groups attached to an aromatic ring is 1. The standard InChI is InChI=1S/C13H17N3O5/c1-3-4-7-5-16(12(20)15-11(7)14)13(2)10(19)9(18)8(6-17)21-13/h5,8-10,17-19H,6H2,1-2H3,(H2,14,15,20)/t8-,9-,10-,13-/m1/s1. The van der Waals surface area contributed by atoms with Crippen LogP contribution in [0.2, 0.25) is 0 Å². The summed E-state index contributed by atoms with van der Waals surface area (Å²) >= 11 is 0. The van der Waals surface area contributed by atoms with Crippen molar-refractivity contribution in [3.05, 3.63) is 22.2 Å². The summed E-state index contributed by atoms with van der Waals surface area (Å²) in [6, 6.07) is 0. The second-order valence-electron chi connectivity index (χ2n) is 4.90. The Hall–Kier alpha value is -1.92. The van der Waals surface area contributed by atoms with E-state index in [1.165, 1.54) is 13.1 Å². The van der Waals surface area contributed by atoms with Crippen LogP contribution in [0.25, 0.3) is 0 Å². The van der Waals surface area contributed by atoms with Crippen molar-refractivity contribution in [2.24, 2.45) is 0 Å². The molecule has 2 heterocycles. The molecule has 0 radical (unpaired) electrons. The molecule has 1 saturated heterocycles. The van der Waals surface area contributed by atoms with Gasteiger partial charge in [-0.1, -0.05) is 5.92 Å². The van der Waals surface area contributed by atoms with Crippen molar-refractivity contribution in [2.75, 3.05) is 12.3 Å². The van der Waals surface area contributed by atoms with E-state index in [0.717, 1.165) is 4.57 Å². The van der Waals surface area contributed by atoms with Crippen LogP contribution in [0.1, 0.15) is 19.4 Å². The lowest BCUT2D eigenvalue weighted by Crippen LogP contribution is -2.48. The Balaban J connectivity index is 2.57. The Bertz CT molecular complexity index is 662. The molecule has 0 bridgehead atoms. The topological polar surface area (TPSA) is 131 Å². The average Bonchev–Trinajstić information content (AvgIpc) is 2.67. The molecule has 0 aliphatic carbocycles. The van der Waals surface area contributed by atoms with E-state index in [2.05, 4.69) is 16.8 Å². The fourth-order valence-electron chi connectivity index (χ4n) is 2.33. The predicted molar refractivity (Wildman–Crippen MR) is 73.1 cm³/mol. The summed E-state index contributed by atoms with van der Waals surface area (Å²) in [5, 5.41) is 29.1. The zero-order valence-electron chi connectivity index (χ0n) is 11.6. The van der Waals surface area contributed by atoms with Crippen molar-refractivity contribution in [3.8, 4) is 11.8 Å². The lowest BCUT2D eigenvalue weighted by Gasteiger charge is -2.29. The number of hydrogen-bond acceptors (Lipinski definition) is 7. The SMILES string of the molecule is CC#Cc1cn([C@]2(C)O[C@H](CO)[C@@H](O)[C@H]2O)c(=O)nc1N. The Morgan fingerprint density at radius 1 is 1.57 bits per heavy atom. The molecule has 21 heavy (non-hydrogen) atoms. The van der Waals surface area contributed by atoms with Gasteiger partial charge in [-0.25, -0.2) is 4.79 Å². The number of aromatic nitrogens is 2. The third kappa shape index (κ3) is 2.41. The summed E-state index contributed by atoms with van der Waals surface area (Å²) in [5.41, 5.74) is 3.59. The van der Waals surface area contributed by atoms with Crippen molar-refractivity contribution in [2.45, 2.75) is 37.9 Å². The van der Waals surface area contributed by atoms with Gasteiger partial charge in [0.15, 0.2) is 5.72 Å². The fourth-order valence-corrected chi connectivity index (χ4v) is 2.33. The van der Waals surface area contributed by atoms with E-state index in [1.54, 1.807) is 6.92 Å². The van der Waals surface area contributed by atoms with Gasteiger partial charge >= 0.3 is 5.69 Å². The van der Waals surface area contributed by atoms with Gasteiger partial charge in [-0.3, -0.25) is 4.57 Å². The van der Waals surface area contributed by atoms with E-state index >= 15 is 0 Å². The lowest BCUT2D eigenvalue weighted by atomic mass is 10.0. The van der Waals surface area contributed by atoms with Crippen LogP contribution in [0.5, 0.6) is 0 Å². The first-order valence-electron chi connectivity index (χ1n) is 6.32. The molecule has 0 spiro atoms. The molecule has 1 aliphatic rings. The van der Waals surface area contributed by atoms with Gasteiger partial charge in [0.05, 0.1) is 12.2 Å². The van der Waals surface area contributed by atoms with Crippen molar-refractivity contribution >= 4 is 5.82 Å².